The van der Waals surface area contributed by atoms with E-state index in [-0.39, 0.29) is 12.5 Å². The Labute approximate surface area is 128 Å². The van der Waals surface area contributed by atoms with Crippen LogP contribution >= 0.6 is 11.6 Å². The summed E-state index contributed by atoms with van der Waals surface area (Å²) in [5, 5.41) is 12.0. The van der Waals surface area contributed by atoms with Crippen LogP contribution in [0.5, 0.6) is 0 Å². The maximum atomic E-state index is 12.1. The van der Waals surface area contributed by atoms with E-state index in [9.17, 15) is 4.79 Å². The van der Waals surface area contributed by atoms with Crippen LogP contribution in [-0.2, 0) is 6.42 Å². The molecule has 108 valence electrons. The molecule has 5 heteroatoms. The SMILES string of the molecule is CCc1cc(C#CCO)ccc1NC(=O)c1cc(Cl)c[nH]1. The summed E-state index contributed by atoms with van der Waals surface area (Å²) in [6.45, 7) is 1.83. The first kappa shape index (κ1) is 15.2. The lowest BCUT2D eigenvalue weighted by atomic mass is 10.1. The average molecular weight is 303 g/mol. The molecule has 2 rings (SSSR count). The van der Waals surface area contributed by atoms with Crippen molar-refractivity contribution < 1.29 is 9.90 Å². The number of carbonyl (C=O) groups is 1. The number of aromatic amines is 1. The fourth-order valence-corrected chi connectivity index (χ4v) is 2.08. The Bertz CT molecular complexity index is 711. The Hall–Kier alpha value is -2.22. The summed E-state index contributed by atoms with van der Waals surface area (Å²) >= 11 is 5.79. The highest BCUT2D eigenvalue weighted by Gasteiger charge is 2.10. The van der Waals surface area contributed by atoms with Crippen molar-refractivity contribution in [2.24, 2.45) is 0 Å². The van der Waals surface area contributed by atoms with Crippen molar-refractivity contribution >= 4 is 23.2 Å². The second-order valence-electron chi connectivity index (χ2n) is 4.37. The molecule has 0 radical (unpaired) electrons. The minimum Gasteiger partial charge on any atom is -0.384 e. The summed E-state index contributed by atoms with van der Waals surface area (Å²) in [6.07, 6.45) is 2.32. The molecule has 1 aromatic carbocycles. The van der Waals surface area contributed by atoms with Crippen LogP contribution in [0, 0.1) is 11.8 Å². The molecule has 0 unspecified atom stereocenters. The lowest BCUT2D eigenvalue weighted by Gasteiger charge is -2.09. The number of rotatable bonds is 3. The second-order valence-corrected chi connectivity index (χ2v) is 4.81. The van der Waals surface area contributed by atoms with Gasteiger partial charge in [-0.05, 0) is 36.2 Å². The van der Waals surface area contributed by atoms with Crippen molar-refractivity contribution in [3.63, 3.8) is 0 Å². The lowest BCUT2D eigenvalue weighted by molar-refractivity contribution is 0.102. The van der Waals surface area contributed by atoms with Crippen molar-refractivity contribution in [1.82, 2.24) is 4.98 Å². The first-order valence-corrected chi connectivity index (χ1v) is 6.89. The van der Waals surface area contributed by atoms with E-state index in [1.165, 1.54) is 0 Å². The number of H-pyrrole nitrogens is 1. The van der Waals surface area contributed by atoms with E-state index in [0.29, 0.717) is 10.7 Å². The van der Waals surface area contributed by atoms with Crippen LogP contribution in [0.3, 0.4) is 0 Å². The number of nitrogens with one attached hydrogen (secondary N) is 2. The Kier molecular flexibility index (Phi) is 5.04. The fraction of sp³-hybridized carbons (Fsp3) is 0.188. The number of aryl methyl sites for hydroxylation is 1. The lowest BCUT2D eigenvalue weighted by Crippen LogP contribution is -2.13. The van der Waals surface area contributed by atoms with Gasteiger partial charge in [0.05, 0.1) is 5.02 Å². The number of carbonyl (C=O) groups excluding carboxylic acids is 1. The molecule has 0 spiro atoms. The summed E-state index contributed by atoms with van der Waals surface area (Å²) in [7, 11) is 0. The van der Waals surface area contributed by atoms with E-state index < -0.39 is 0 Å². The highest BCUT2D eigenvalue weighted by atomic mass is 35.5. The number of aliphatic hydroxyl groups excluding tert-OH is 1. The summed E-state index contributed by atoms with van der Waals surface area (Å²) < 4.78 is 0. The van der Waals surface area contributed by atoms with Gasteiger partial charge in [0.15, 0.2) is 0 Å². The molecule has 0 bridgehead atoms. The minimum atomic E-state index is -0.245. The van der Waals surface area contributed by atoms with Crippen molar-refractivity contribution in [2.75, 3.05) is 11.9 Å². The maximum absolute atomic E-state index is 12.1. The van der Waals surface area contributed by atoms with Gasteiger partial charge in [-0.1, -0.05) is 30.4 Å². The standard InChI is InChI=1S/C16H15ClN2O2/c1-2-12-8-11(4-3-7-20)5-6-14(12)19-16(21)15-9-13(17)10-18-15/h5-6,8-10,18,20H,2,7H2,1H3,(H,19,21). The molecule has 0 aliphatic heterocycles. The van der Waals surface area contributed by atoms with Gasteiger partial charge in [0.2, 0.25) is 0 Å². The predicted octanol–water partition coefficient (Wildman–Crippen LogP) is 2.83. The summed E-state index contributed by atoms with van der Waals surface area (Å²) in [4.78, 5) is 14.9. The van der Waals surface area contributed by atoms with Crippen molar-refractivity contribution in [1.29, 1.82) is 0 Å². The predicted molar refractivity (Wildman–Crippen MR) is 83.5 cm³/mol. The van der Waals surface area contributed by atoms with E-state index >= 15 is 0 Å². The first-order chi connectivity index (χ1) is 10.1. The molecule has 1 aromatic heterocycles. The van der Waals surface area contributed by atoms with Gasteiger partial charge in [-0.2, -0.15) is 0 Å². The molecule has 0 aliphatic carbocycles. The topological polar surface area (TPSA) is 65.1 Å². The highest BCUT2D eigenvalue weighted by molar-refractivity contribution is 6.31. The zero-order chi connectivity index (χ0) is 15.2. The Morgan fingerprint density at radius 2 is 2.24 bits per heavy atom. The number of aliphatic hydroxyl groups is 1. The largest absolute Gasteiger partial charge is 0.384 e. The van der Waals surface area contributed by atoms with Crippen LogP contribution in [0.1, 0.15) is 28.5 Å². The van der Waals surface area contributed by atoms with Gasteiger partial charge in [0, 0.05) is 17.4 Å². The highest BCUT2D eigenvalue weighted by Crippen LogP contribution is 2.19. The monoisotopic (exact) mass is 302 g/mol. The molecule has 0 saturated carbocycles. The van der Waals surface area contributed by atoms with Gasteiger partial charge >= 0.3 is 0 Å². The average Bonchev–Trinajstić information content (AvgIpc) is 2.92. The van der Waals surface area contributed by atoms with Gasteiger partial charge < -0.3 is 15.4 Å². The number of hydrogen-bond donors (Lipinski definition) is 3. The van der Waals surface area contributed by atoms with E-state index in [4.69, 9.17) is 16.7 Å². The summed E-state index contributed by atoms with van der Waals surface area (Å²) in [6, 6.07) is 7.09. The molecule has 0 fully saturated rings. The minimum absolute atomic E-state index is 0.173. The second kappa shape index (κ2) is 6.98. The van der Waals surface area contributed by atoms with Gasteiger partial charge in [-0.15, -0.1) is 0 Å². The Balaban J connectivity index is 2.21. The van der Waals surface area contributed by atoms with Crippen LogP contribution in [0.25, 0.3) is 0 Å². The van der Waals surface area contributed by atoms with Gasteiger partial charge in [0.1, 0.15) is 12.3 Å². The fourth-order valence-electron chi connectivity index (χ4n) is 1.92. The zero-order valence-electron chi connectivity index (χ0n) is 11.5. The van der Waals surface area contributed by atoms with Gasteiger partial charge in [-0.25, -0.2) is 0 Å². The van der Waals surface area contributed by atoms with E-state index in [0.717, 1.165) is 23.2 Å². The molecule has 4 nitrogen and oxygen atoms in total. The smallest absolute Gasteiger partial charge is 0.272 e. The first-order valence-electron chi connectivity index (χ1n) is 6.52. The molecule has 1 amide bonds. The quantitative estimate of drug-likeness (QED) is 0.763. The van der Waals surface area contributed by atoms with E-state index in [1.54, 1.807) is 18.3 Å². The molecule has 2 aromatic rings. The zero-order valence-corrected chi connectivity index (χ0v) is 12.3. The Morgan fingerprint density at radius 1 is 1.43 bits per heavy atom. The molecular formula is C16H15ClN2O2. The third kappa shape index (κ3) is 3.88. The van der Waals surface area contributed by atoms with Crippen LogP contribution in [0.2, 0.25) is 5.02 Å². The molecule has 21 heavy (non-hydrogen) atoms. The molecule has 1 heterocycles. The van der Waals surface area contributed by atoms with Gasteiger partial charge in [-0.3, -0.25) is 4.79 Å². The number of hydrogen-bond acceptors (Lipinski definition) is 2. The molecule has 3 N–H and O–H groups in total. The van der Waals surface area contributed by atoms with Crippen molar-refractivity contribution in [3.05, 3.63) is 52.3 Å². The Morgan fingerprint density at radius 3 is 2.86 bits per heavy atom. The molecular weight excluding hydrogens is 288 g/mol. The molecule has 0 aliphatic rings. The van der Waals surface area contributed by atoms with Gasteiger partial charge in [0.25, 0.3) is 5.91 Å². The maximum Gasteiger partial charge on any atom is 0.272 e. The van der Waals surface area contributed by atoms with Crippen LogP contribution in [0.4, 0.5) is 5.69 Å². The third-order valence-electron chi connectivity index (χ3n) is 2.94. The van der Waals surface area contributed by atoms with E-state index in [2.05, 4.69) is 22.1 Å². The normalized spacial score (nSPS) is 9.86. The third-order valence-corrected chi connectivity index (χ3v) is 3.16. The number of halogens is 1. The number of benzene rings is 1. The van der Waals surface area contributed by atoms with E-state index in [1.807, 2.05) is 19.1 Å². The molecule has 0 saturated heterocycles. The van der Waals surface area contributed by atoms with Crippen molar-refractivity contribution in [3.8, 4) is 11.8 Å². The molecule has 0 atom stereocenters. The summed E-state index contributed by atoms with van der Waals surface area (Å²) in [5.41, 5.74) is 2.93. The van der Waals surface area contributed by atoms with Crippen molar-refractivity contribution in [2.45, 2.75) is 13.3 Å². The van der Waals surface area contributed by atoms with Crippen LogP contribution in [0.15, 0.2) is 30.5 Å². The van der Waals surface area contributed by atoms with Crippen LogP contribution in [-0.4, -0.2) is 22.6 Å². The van der Waals surface area contributed by atoms with Crippen LogP contribution < -0.4 is 5.32 Å². The summed E-state index contributed by atoms with van der Waals surface area (Å²) in [5.74, 6) is 5.21. The number of anilines is 1. The number of aromatic nitrogens is 1. The number of amides is 1.